The summed E-state index contributed by atoms with van der Waals surface area (Å²) in [6.45, 7) is 7.48. The molecule has 19 heavy (non-hydrogen) atoms. The fraction of sp³-hybridized carbons (Fsp3) is 0.692. The molecule has 0 spiro atoms. The van der Waals surface area contributed by atoms with Gasteiger partial charge in [-0.3, -0.25) is 4.79 Å². The van der Waals surface area contributed by atoms with E-state index in [-0.39, 0.29) is 24.5 Å². The summed E-state index contributed by atoms with van der Waals surface area (Å²) in [4.78, 5) is 25.2. The molecule has 0 radical (unpaired) electrons. The normalized spacial score (nSPS) is 23.5. The van der Waals surface area contributed by atoms with Gasteiger partial charge in [-0.1, -0.05) is 43.4 Å². The minimum absolute atomic E-state index is 0.126. The number of amides is 2. The zero-order valence-electron chi connectivity index (χ0n) is 11.6. The van der Waals surface area contributed by atoms with E-state index in [0.717, 1.165) is 4.90 Å². The first-order valence-corrected chi connectivity index (χ1v) is 7.50. The quantitative estimate of drug-likeness (QED) is 0.760. The van der Waals surface area contributed by atoms with Gasteiger partial charge in [-0.15, -0.1) is 0 Å². The molecule has 108 valence electrons. The summed E-state index contributed by atoms with van der Waals surface area (Å²) >= 11 is 2.01. The number of imide groups is 1. The van der Waals surface area contributed by atoms with Gasteiger partial charge in [0.15, 0.2) is 0 Å². The van der Waals surface area contributed by atoms with Crippen molar-refractivity contribution in [3.8, 4) is 0 Å². The SMILES string of the molecule is C/C(=C\I)[C@@H](O)[C@@H](C)C(=O)N1C(=O)OC[C@@H]1C(C)C. The van der Waals surface area contributed by atoms with Crippen molar-refractivity contribution < 1.29 is 19.4 Å². The number of hydrogen-bond acceptors (Lipinski definition) is 4. The highest BCUT2D eigenvalue weighted by atomic mass is 127. The topological polar surface area (TPSA) is 66.8 Å². The van der Waals surface area contributed by atoms with Crippen LogP contribution in [0.15, 0.2) is 9.66 Å². The van der Waals surface area contributed by atoms with E-state index in [1.54, 1.807) is 17.9 Å². The summed E-state index contributed by atoms with van der Waals surface area (Å²) in [6.07, 6.45) is -1.50. The lowest BCUT2D eigenvalue weighted by Crippen LogP contribution is -2.46. The highest BCUT2D eigenvalue weighted by Crippen LogP contribution is 2.24. The number of hydrogen-bond donors (Lipinski definition) is 1. The van der Waals surface area contributed by atoms with E-state index in [4.69, 9.17) is 4.74 Å². The molecular formula is C13H20INO4. The third kappa shape index (κ3) is 3.47. The largest absolute Gasteiger partial charge is 0.447 e. The lowest BCUT2D eigenvalue weighted by molar-refractivity contribution is -0.136. The molecule has 0 bridgehead atoms. The first-order valence-electron chi connectivity index (χ1n) is 6.26. The van der Waals surface area contributed by atoms with Crippen molar-refractivity contribution in [1.29, 1.82) is 0 Å². The molecule has 3 atom stereocenters. The standard InChI is InChI=1S/C13H20INO4/c1-7(2)10-6-19-13(18)15(10)12(17)9(4)11(16)8(3)5-14/h5,7,9-11,16H,6H2,1-4H3/b8-5+/t9-,10-,11-/m1/s1. The Morgan fingerprint density at radius 2 is 2.11 bits per heavy atom. The van der Waals surface area contributed by atoms with Gasteiger partial charge in [0, 0.05) is 0 Å². The van der Waals surface area contributed by atoms with Crippen molar-refractivity contribution in [3.63, 3.8) is 0 Å². The smallest absolute Gasteiger partial charge is 0.416 e. The average molecular weight is 381 g/mol. The van der Waals surface area contributed by atoms with E-state index in [0.29, 0.717) is 5.57 Å². The number of carbonyl (C=O) groups excluding carboxylic acids is 2. The van der Waals surface area contributed by atoms with Gasteiger partial charge in [-0.2, -0.15) is 0 Å². The van der Waals surface area contributed by atoms with Crippen LogP contribution in [0.5, 0.6) is 0 Å². The molecule has 0 aromatic heterocycles. The van der Waals surface area contributed by atoms with E-state index >= 15 is 0 Å². The number of halogens is 1. The lowest BCUT2D eigenvalue weighted by Gasteiger charge is -2.27. The second-order valence-electron chi connectivity index (χ2n) is 5.18. The van der Waals surface area contributed by atoms with E-state index in [1.165, 1.54) is 0 Å². The monoisotopic (exact) mass is 381 g/mol. The number of aliphatic hydroxyl groups excluding tert-OH is 1. The zero-order valence-corrected chi connectivity index (χ0v) is 13.7. The Bertz CT molecular complexity index is 394. The van der Waals surface area contributed by atoms with Crippen LogP contribution in [-0.2, 0) is 9.53 Å². The third-order valence-corrected chi connectivity index (χ3v) is 4.40. The van der Waals surface area contributed by atoms with Crippen LogP contribution in [0.25, 0.3) is 0 Å². The van der Waals surface area contributed by atoms with Gasteiger partial charge in [-0.25, -0.2) is 9.69 Å². The molecule has 1 saturated heterocycles. The fourth-order valence-electron chi connectivity index (χ4n) is 1.99. The van der Waals surface area contributed by atoms with Crippen LogP contribution in [0.4, 0.5) is 4.79 Å². The van der Waals surface area contributed by atoms with Crippen LogP contribution in [0, 0.1) is 11.8 Å². The Morgan fingerprint density at radius 3 is 2.58 bits per heavy atom. The molecule has 0 aromatic carbocycles. The van der Waals surface area contributed by atoms with E-state index in [1.807, 2.05) is 36.4 Å². The van der Waals surface area contributed by atoms with E-state index < -0.39 is 18.1 Å². The Hall–Kier alpha value is -0.630. The molecule has 0 aromatic rings. The molecule has 1 rings (SSSR count). The van der Waals surface area contributed by atoms with Gasteiger partial charge < -0.3 is 9.84 Å². The summed E-state index contributed by atoms with van der Waals surface area (Å²) in [5.41, 5.74) is 0.704. The van der Waals surface area contributed by atoms with Gasteiger partial charge in [-0.05, 0) is 22.5 Å². The maximum atomic E-state index is 12.4. The highest BCUT2D eigenvalue weighted by molar-refractivity contribution is 14.1. The lowest BCUT2D eigenvalue weighted by atomic mass is 9.96. The highest BCUT2D eigenvalue weighted by Gasteiger charge is 2.42. The third-order valence-electron chi connectivity index (χ3n) is 3.41. The van der Waals surface area contributed by atoms with Crippen LogP contribution in [0.1, 0.15) is 27.7 Å². The first-order chi connectivity index (χ1) is 8.81. The Balaban J connectivity index is 2.89. The summed E-state index contributed by atoms with van der Waals surface area (Å²) in [5, 5.41) is 10.1. The summed E-state index contributed by atoms with van der Waals surface area (Å²) in [5.74, 6) is -0.926. The molecule has 2 amide bonds. The predicted molar refractivity (Wildman–Crippen MR) is 79.8 cm³/mol. The second kappa shape index (κ2) is 6.69. The van der Waals surface area contributed by atoms with E-state index in [9.17, 15) is 14.7 Å². The summed E-state index contributed by atoms with van der Waals surface area (Å²) < 4.78 is 6.68. The molecule has 1 N–H and O–H groups in total. The average Bonchev–Trinajstić information content (AvgIpc) is 2.77. The van der Waals surface area contributed by atoms with Crippen LogP contribution in [0.3, 0.4) is 0 Å². The zero-order chi connectivity index (χ0) is 14.7. The molecule has 1 aliphatic heterocycles. The van der Waals surface area contributed by atoms with Gasteiger partial charge in [0.05, 0.1) is 18.1 Å². The number of aliphatic hydroxyl groups is 1. The second-order valence-corrected chi connectivity index (χ2v) is 5.81. The Kier molecular flexibility index (Phi) is 5.79. The van der Waals surface area contributed by atoms with Crippen molar-refractivity contribution in [1.82, 2.24) is 4.90 Å². The van der Waals surface area contributed by atoms with Crippen LogP contribution in [-0.4, -0.2) is 40.8 Å². The molecule has 5 nitrogen and oxygen atoms in total. The molecule has 0 aliphatic carbocycles. The molecule has 1 fully saturated rings. The van der Waals surface area contributed by atoms with Crippen molar-refractivity contribution in [2.24, 2.45) is 11.8 Å². The van der Waals surface area contributed by atoms with Gasteiger partial charge in [0.1, 0.15) is 6.61 Å². The van der Waals surface area contributed by atoms with E-state index in [2.05, 4.69) is 0 Å². The molecule has 6 heteroatoms. The molecule has 0 saturated carbocycles. The fourth-order valence-corrected chi connectivity index (χ4v) is 2.36. The Labute approximate surface area is 127 Å². The van der Waals surface area contributed by atoms with Crippen LogP contribution >= 0.6 is 22.6 Å². The van der Waals surface area contributed by atoms with Gasteiger partial charge in [0.25, 0.3) is 0 Å². The minimum Gasteiger partial charge on any atom is -0.447 e. The van der Waals surface area contributed by atoms with Crippen LogP contribution in [0.2, 0.25) is 0 Å². The van der Waals surface area contributed by atoms with Crippen molar-refractivity contribution in [2.75, 3.05) is 6.61 Å². The molecule has 1 heterocycles. The molecular weight excluding hydrogens is 361 g/mol. The maximum Gasteiger partial charge on any atom is 0.416 e. The Morgan fingerprint density at radius 1 is 1.53 bits per heavy atom. The predicted octanol–water partition coefficient (Wildman–Crippen LogP) is 2.33. The number of nitrogens with zero attached hydrogens (tertiary/aromatic N) is 1. The minimum atomic E-state index is -0.884. The first kappa shape index (κ1) is 16.4. The number of cyclic esters (lactones) is 1. The summed E-state index contributed by atoms with van der Waals surface area (Å²) in [7, 11) is 0. The number of ether oxygens (including phenoxy) is 1. The number of rotatable bonds is 4. The van der Waals surface area contributed by atoms with Gasteiger partial charge >= 0.3 is 6.09 Å². The van der Waals surface area contributed by atoms with Gasteiger partial charge in [0.2, 0.25) is 5.91 Å². The maximum absolute atomic E-state index is 12.4. The number of carbonyl (C=O) groups is 2. The molecule has 0 unspecified atom stereocenters. The van der Waals surface area contributed by atoms with Crippen LogP contribution < -0.4 is 0 Å². The summed E-state index contributed by atoms with van der Waals surface area (Å²) in [6, 6.07) is -0.251. The molecule has 1 aliphatic rings. The van der Waals surface area contributed by atoms with Crippen molar-refractivity contribution in [3.05, 3.63) is 9.66 Å². The van der Waals surface area contributed by atoms with Crippen molar-refractivity contribution in [2.45, 2.75) is 39.8 Å². The van der Waals surface area contributed by atoms with Crippen molar-refractivity contribution >= 4 is 34.6 Å².